The Morgan fingerprint density at radius 1 is 1.11 bits per heavy atom. The molecule has 0 unspecified atom stereocenters. The van der Waals surface area contributed by atoms with Gasteiger partial charge in [-0.1, -0.05) is 55.5 Å². The van der Waals surface area contributed by atoms with Crippen LogP contribution in [0, 0.1) is 5.92 Å². The third-order valence-electron chi connectivity index (χ3n) is 3.19. The quantitative estimate of drug-likeness (QED) is 0.508. The number of hydrogen-bond acceptors (Lipinski definition) is 2. The maximum atomic E-state index is 5.81. The van der Waals surface area contributed by atoms with Gasteiger partial charge in [0.1, 0.15) is 0 Å². The van der Waals surface area contributed by atoms with Gasteiger partial charge in [0.25, 0.3) is 0 Å². The third-order valence-corrected chi connectivity index (χ3v) is 3.65. The van der Waals surface area contributed by atoms with Gasteiger partial charge in [-0.15, -0.1) is 0 Å². The lowest BCUT2D eigenvalue weighted by Crippen LogP contribution is -2.14. The number of nitrogens with one attached hydrogen (secondary N) is 1. The monoisotopic (exact) mass is 326 g/mol. The van der Waals surface area contributed by atoms with Crippen molar-refractivity contribution >= 4 is 21.6 Å². The predicted molar refractivity (Wildman–Crippen MR) is 88.2 cm³/mol. The SMILES string of the molecule is CC(C)CCCCCCNCc1cc(N)cc(Br)c1. The highest BCUT2D eigenvalue weighted by Gasteiger charge is 1.98. The van der Waals surface area contributed by atoms with Gasteiger partial charge >= 0.3 is 0 Å². The standard InChI is InChI=1S/C16H27BrN2/c1-13(2)7-5-3-4-6-8-19-12-14-9-15(17)11-16(18)10-14/h9-11,13,19H,3-8,12,18H2,1-2H3. The van der Waals surface area contributed by atoms with E-state index in [0.717, 1.165) is 29.2 Å². The molecule has 0 atom stereocenters. The van der Waals surface area contributed by atoms with E-state index in [4.69, 9.17) is 5.73 Å². The summed E-state index contributed by atoms with van der Waals surface area (Å²) in [6.45, 7) is 6.58. The minimum atomic E-state index is 0.819. The minimum absolute atomic E-state index is 0.819. The molecule has 0 saturated heterocycles. The molecule has 3 N–H and O–H groups in total. The van der Waals surface area contributed by atoms with Gasteiger partial charge in [0.15, 0.2) is 0 Å². The van der Waals surface area contributed by atoms with E-state index < -0.39 is 0 Å². The molecular formula is C16H27BrN2. The van der Waals surface area contributed by atoms with E-state index in [1.54, 1.807) is 0 Å². The molecule has 0 aromatic heterocycles. The number of halogens is 1. The molecule has 0 saturated carbocycles. The van der Waals surface area contributed by atoms with Crippen molar-refractivity contribution in [2.24, 2.45) is 5.92 Å². The fraction of sp³-hybridized carbons (Fsp3) is 0.625. The molecule has 0 aliphatic carbocycles. The molecule has 108 valence electrons. The molecule has 3 heteroatoms. The van der Waals surface area contributed by atoms with E-state index in [1.165, 1.54) is 37.7 Å². The summed E-state index contributed by atoms with van der Waals surface area (Å²) in [5.41, 5.74) is 7.87. The van der Waals surface area contributed by atoms with Gasteiger partial charge in [-0.25, -0.2) is 0 Å². The second-order valence-electron chi connectivity index (χ2n) is 5.67. The second kappa shape index (κ2) is 9.38. The van der Waals surface area contributed by atoms with Gasteiger partial charge in [-0.05, 0) is 42.6 Å². The van der Waals surface area contributed by atoms with Crippen LogP contribution in [0.2, 0.25) is 0 Å². The van der Waals surface area contributed by atoms with E-state index in [2.05, 4.69) is 41.2 Å². The minimum Gasteiger partial charge on any atom is -0.399 e. The highest BCUT2D eigenvalue weighted by Crippen LogP contribution is 2.17. The Morgan fingerprint density at radius 2 is 1.84 bits per heavy atom. The van der Waals surface area contributed by atoms with Crippen molar-refractivity contribution in [3.8, 4) is 0 Å². The lowest BCUT2D eigenvalue weighted by Gasteiger charge is -2.07. The number of benzene rings is 1. The van der Waals surface area contributed by atoms with Crippen LogP contribution in [0.4, 0.5) is 5.69 Å². The maximum absolute atomic E-state index is 5.81. The van der Waals surface area contributed by atoms with Crippen LogP contribution < -0.4 is 11.1 Å². The Morgan fingerprint density at radius 3 is 2.53 bits per heavy atom. The molecule has 0 aliphatic rings. The van der Waals surface area contributed by atoms with Gasteiger partial charge in [0.05, 0.1) is 0 Å². The summed E-state index contributed by atoms with van der Waals surface area (Å²) in [5.74, 6) is 0.847. The van der Waals surface area contributed by atoms with Crippen LogP contribution >= 0.6 is 15.9 Å². The number of anilines is 1. The van der Waals surface area contributed by atoms with Gasteiger partial charge in [-0.2, -0.15) is 0 Å². The normalized spacial score (nSPS) is 11.2. The van der Waals surface area contributed by atoms with Crippen LogP contribution in [-0.2, 0) is 6.54 Å². The average Bonchev–Trinajstić information content (AvgIpc) is 2.31. The zero-order valence-corrected chi connectivity index (χ0v) is 13.8. The molecule has 0 fully saturated rings. The number of unbranched alkanes of at least 4 members (excludes halogenated alkanes) is 3. The molecule has 0 spiro atoms. The van der Waals surface area contributed by atoms with Crippen LogP contribution in [0.25, 0.3) is 0 Å². The number of hydrogen-bond donors (Lipinski definition) is 2. The van der Waals surface area contributed by atoms with Crippen molar-refractivity contribution in [2.75, 3.05) is 12.3 Å². The molecular weight excluding hydrogens is 300 g/mol. The first-order valence-electron chi connectivity index (χ1n) is 7.33. The summed E-state index contributed by atoms with van der Waals surface area (Å²) in [7, 11) is 0. The largest absolute Gasteiger partial charge is 0.399 e. The Kier molecular flexibility index (Phi) is 8.15. The van der Waals surface area contributed by atoms with Crippen molar-refractivity contribution in [1.29, 1.82) is 0 Å². The van der Waals surface area contributed by atoms with Gasteiger partial charge in [-0.3, -0.25) is 0 Å². The van der Waals surface area contributed by atoms with Gasteiger partial charge in [0.2, 0.25) is 0 Å². The van der Waals surface area contributed by atoms with Crippen LogP contribution in [0.5, 0.6) is 0 Å². The van der Waals surface area contributed by atoms with Crippen LogP contribution in [0.3, 0.4) is 0 Å². The molecule has 19 heavy (non-hydrogen) atoms. The summed E-state index contributed by atoms with van der Waals surface area (Å²) in [6, 6.07) is 6.07. The number of rotatable bonds is 9. The number of nitrogen functional groups attached to an aromatic ring is 1. The maximum Gasteiger partial charge on any atom is 0.0328 e. The van der Waals surface area contributed by atoms with Gasteiger partial charge in [0, 0.05) is 16.7 Å². The van der Waals surface area contributed by atoms with Crippen LogP contribution in [0.15, 0.2) is 22.7 Å². The zero-order valence-electron chi connectivity index (χ0n) is 12.2. The summed E-state index contributed by atoms with van der Waals surface area (Å²) in [4.78, 5) is 0. The van der Waals surface area contributed by atoms with E-state index in [9.17, 15) is 0 Å². The second-order valence-corrected chi connectivity index (χ2v) is 6.58. The topological polar surface area (TPSA) is 38.0 Å². The molecule has 0 amide bonds. The summed E-state index contributed by atoms with van der Waals surface area (Å²) < 4.78 is 1.05. The molecule has 2 nitrogen and oxygen atoms in total. The highest BCUT2D eigenvalue weighted by atomic mass is 79.9. The van der Waals surface area contributed by atoms with Crippen LogP contribution in [-0.4, -0.2) is 6.54 Å². The Hall–Kier alpha value is -0.540. The van der Waals surface area contributed by atoms with E-state index in [0.29, 0.717) is 0 Å². The summed E-state index contributed by atoms with van der Waals surface area (Å²) in [6.07, 6.45) is 6.70. The van der Waals surface area contributed by atoms with E-state index >= 15 is 0 Å². The highest BCUT2D eigenvalue weighted by molar-refractivity contribution is 9.10. The summed E-state index contributed by atoms with van der Waals surface area (Å²) in [5, 5.41) is 3.48. The first kappa shape index (κ1) is 16.5. The Labute approximate surface area is 126 Å². The van der Waals surface area contributed by atoms with Crippen molar-refractivity contribution < 1.29 is 0 Å². The molecule has 0 heterocycles. The summed E-state index contributed by atoms with van der Waals surface area (Å²) >= 11 is 3.47. The molecule has 1 aromatic carbocycles. The third kappa shape index (κ3) is 8.27. The molecule has 0 aliphatic heterocycles. The first-order valence-corrected chi connectivity index (χ1v) is 8.13. The first-order chi connectivity index (χ1) is 9.08. The lowest BCUT2D eigenvalue weighted by atomic mass is 10.0. The number of nitrogens with two attached hydrogens (primary N) is 1. The van der Waals surface area contributed by atoms with Crippen LogP contribution in [0.1, 0.15) is 51.5 Å². The van der Waals surface area contributed by atoms with Crippen molar-refractivity contribution in [2.45, 2.75) is 52.5 Å². The van der Waals surface area contributed by atoms with E-state index in [1.807, 2.05) is 12.1 Å². The predicted octanol–water partition coefficient (Wildman–Crippen LogP) is 4.73. The van der Waals surface area contributed by atoms with E-state index in [-0.39, 0.29) is 0 Å². The Balaban J connectivity index is 2.04. The Bertz CT molecular complexity index is 344. The van der Waals surface area contributed by atoms with Crippen molar-refractivity contribution in [3.05, 3.63) is 28.2 Å². The smallest absolute Gasteiger partial charge is 0.0328 e. The van der Waals surface area contributed by atoms with Crippen molar-refractivity contribution in [3.63, 3.8) is 0 Å². The zero-order chi connectivity index (χ0) is 14.1. The van der Waals surface area contributed by atoms with Gasteiger partial charge < -0.3 is 11.1 Å². The molecule has 0 bridgehead atoms. The van der Waals surface area contributed by atoms with Crippen molar-refractivity contribution in [1.82, 2.24) is 5.32 Å². The molecule has 1 rings (SSSR count). The fourth-order valence-corrected chi connectivity index (χ4v) is 2.72. The average molecular weight is 327 g/mol. The molecule has 0 radical (unpaired) electrons. The lowest BCUT2D eigenvalue weighted by molar-refractivity contribution is 0.512. The molecule has 1 aromatic rings. The fourth-order valence-electron chi connectivity index (χ4n) is 2.17.